The van der Waals surface area contributed by atoms with Crippen LogP contribution in [0.3, 0.4) is 0 Å². The predicted molar refractivity (Wildman–Crippen MR) is 93.0 cm³/mol. The molecule has 0 saturated heterocycles. The molecule has 9 heteroatoms. The fourth-order valence-corrected chi connectivity index (χ4v) is 3.21. The summed E-state index contributed by atoms with van der Waals surface area (Å²) in [6.07, 6.45) is 4.74. The maximum atomic E-state index is 12.5. The molecule has 0 aliphatic heterocycles. The summed E-state index contributed by atoms with van der Waals surface area (Å²) in [5.74, 6) is 0. The maximum Gasteiger partial charge on any atom is 0.336 e. The van der Waals surface area contributed by atoms with E-state index < -0.39 is 5.56 Å². The van der Waals surface area contributed by atoms with E-state index in [9.17, 15) is 9.59 Å². The summed E-state index contributed by atoms with van der Waals surface area (Å²) in [6, 6.07) is 0.115. The first-order chi connectivity index (χ1) is 12.0. The molecule has 0 unspecified atom stereocenters. The predicted octanol–water partition coefficient (Wildman–Crippen LogP) is 0.331. The van der Waals surface area contributed by atoms with Gasteiger partial charge < -0.3 is 9.64 Å². The average Bonchev–Trinajstić information content (AvgIpc) is 3.11. The molecular weight excluding hydrogens is 324 g/mol. The number of nitrogens with zero attached hydrogens (tertiary/aromatic N) is 6. The van der Waals surface area contributed by atoms with Gasteiger partial charge in [0.2, 0.25) is 0 Å². The minimum atomic E-state index is -0.470. The van der Waals surface area contributed by atoms with Crippen molar-refractivity contribution in [2.75, 3.05) is 27.2 Å². The highest BCUT2D eigenvalue weighted by Crippen LogP contribution is 2.29. The van der Waals surface area contributed by atoms with Gasteiger partial charge >= 0.3 is 11.7 Å². The van der Waals surface area contributed by atoms with E-state index in [4.69, 9.17) is 4.74 Å². The van der Waals surface area contributed by atoms with Crippen LogP contribution in [0, 0.1) is 0 Å². The summed E-state index contributed by atoms with van der Waals surface area (Å²) in [6.45, 7) is 1.32. The monoisotopic (exact) mass is 348 g/mol. The fourth-order valence-electron chi connectivity index (χ4n) is 3.21. The zero-order valence-corrected chi connectivity index (χ0v) is 14.9. The Labute approximate surface area is 145 Å². The quantitative estimate of drug-likeness (QED) is 0.694. The number of aromatic nitrogens is 5. The molecular formula is C16H24N6O3. The molecule has 0 atom stereocenters. The van der Waals surface area contributed by atoms with Crippen molar-refractivity contribution in [1.29, 1.82) is 0 Å². The summed E-state index contributed by atoms with van der Waals surface area (Å²) < 4.78 is 8.17. The van der Waals surface area contributed by atoms with Gasteiger partial charge in [-0.1, -0.05) is 17.9 Å². The van der Waals surface area contributed by atoms with Gasteiger partial charge in [0.1, 0.15) is 0 Å². The summed E-state index contributed by atoms with van der Waals surface area (Å²) in [7, 11) is 5.44. The fraction of sp³-hybridized carbons (Fsp3) is 0.688. The van der Waals surface area contributed by atoms with Crippen molar-refractivity contribution in [1.82, 2.24) is 29.2 Å². The Balaban J connectivity index is 1.96. The molecule has 1 saturated carbocycles. The lowest BCUT2D eigenvalue weighted by Crippen LogP contribution is -2.40. The molecule has 0 aromatic carbocycles. The van der Waals surface area contributed by atoms with Crippen LogP contribution < -0.4 is 16.0 Å². The van der Waals surface area contributed by atoms with Crippen LogP contribution in [-0.2, 0) is 7.05 Å². The number of hydrogen-bond acceptors (Lipinski definition) is 7. The minimum absolute atomic E-state index is 0.0461. The summed E-state index contributed by atoms with van der Waals surface area (Å²) in [4.78, 5) is 31.3. The van der Waals surface area contributed by atoms with Crippen LogP contribution in [0.4, 0.5) is 0 Å². The molecule has 3 rings (SSSR count). The SMILES string of the molecule is CN(C)CCCOc1nnc2c(n1)c(=O)n(C)c(=O)n2C1CCCC1. The van der Waals surface area contributed by atoms with Crippen LogP contribution in [0.25, 0.3) is 11.2 Å². The molecule has 1 aliphatic carbocycles. The molecule has 0 radical (unpaired) electrons. The van der Waals surface area contributed by atoms with Gasteiger partial charge in [0.05, 0.1) is 6.61 Å². The van der Waals surface area contributed by atoms with Crippen LogP contribution >= 0.6 is 0 Å². The Morgan fingerprint density at radius 3 is 2.60 bits per heavy atom. The zero-order chi connectivity index (χ0) is 18.0. The number of rotatable bonds is 6. The standard InChI is InChI=1S/C16H24N6O3/c1-20(2)9-6-10-25-15-17-12-13(18-19-15)22(11-7-4-5-8-11)16(24)21(3)14(12)23/h11H,4-10H2,1-3H3. The van der Waals surface area contributed by atoms with Crippen molar-refractivity contribution in [2.45, 2.75) is 38.1 Å². The van der Waals surface area contributed by atoms with Crippen LogP contribution in [0.15, 0.2) is 9.59 Å². The Kier molecular flexibility index (Phi) is 5.12. The largest absolute Gasteiger partial charge is 0.462 e. The minimum Gasteiger partial charge on any atom is -0.462 e. The van der Waals surface area contributed by atoms with Gasteiger partial charge in [-0.15, -0.1) is 5.10 Å². The normalized spacial score (nSPS) is 15.4. The number of fused-ring (bicyclic) bond motifs is 1. The van der Waals surface area contributed by atoms with E-state index in [2.05, 4.69) is 20.1 Å². The molecule has 2 aromatic heterocycles. The summed E-state index contributed by atoms with van der Waals surface area (Å²) in [5.41, 5.74) is -0.449. The van der Waals surface area contributed by atoms with E-state index in [1.54, 1.807) is 4.57 Å². The number of ether oxygens (including phenoxy) is 1. The summed E-state index contributed by atoms with van der Waals surface area (Å²) in [5, 5.41) is 8.07. The topological polar surface area (TPSA) is 95.1 Å². The first-order valence-corrected chi connectivity index (χ1v) is 8.62. The van der Waals surface area contributed by atoms with Gasteiger partial charge in [0.15, 0.2) is 11.2 Å². The second-order valence-electron chi connectivity index (χ2n) is 6.73. The second kappa shape index (κ2) is 7.30. The maximum absolute atomic E-state index is 12.5. The smallest absolute Gasteiger partial charge is 0.336 e. The Morgan fingerprint density at radius 1 is 1.20 bits per heavy atom. The third kappa shape index (κ3) is 3.55. The van der Waals surface area contributed by atoms with Gasteiger partial charge in [-0.05, 0) is 33.4 Å². The van der Waals surface area contributed by atoms with Gasteiger partial charge in [-0.2, -0.15) is 4.98 Å². The molecule has 0 bridgehead atoms. The third-order valence-corrected chi connectivity index (χ3v) is 4.55. The van der Waals surface area contributed by atoms with E-state index in [0.29, 0.717) is 6.61 Å². The molecule has 2 heterocycles. The molecule has 25 heavy (non-hydrogen) atoms. The first-order valence-electron chi connectivity index (χ1n) is 8.62. The van der Waals surface area contributed by atoms with E-state index in [1.807, 2.05) is 14.1 Å². The highest BCUT2D eigenvalue weighted by molar-refractivity contribution is 5.68. The Bertz CT molecular complexity index is 867. The van der Waals surface area contributed by atoms with Crippen molar-refractivity contribution in [3.63, 3.8) is 0 Å². The number of hydrogen-bond donors (Lipinski definition) is 0. The molecule has 0 amide bonds. The van der Waals surface area contributed by atoms with E-state index in [0.717, 1.165) is 43.2 Å². The van der Waals surface area contributed by atoms with Gasteiger partial charge in [0, 0.05) is 19.6 Å². The van der Waals surface area contributed by atoms with Crippen LogP contribution in [0.5, 0.6) is 6.01 Å². The van der Waals surface area contributed by atoms with Crippen LogP contribution in [0.2, 0.25) is 0 Å². The van der Waals surface area contributed by atoms with E-state index in [-0.39, 0.29) is 28.9 Å². The van der Waals surface area contributed by atoms with Gasteiger partial charge in [-0.25, -0.2) is 4.79 Å². The lowest BCUT2D eigenvalue weighted by Gasteiger charge is -2.16. The molecule has 9 nitrogen and oxygen atoms in total. The highest BCUT2D eigenvalue weighted by atomic mass is 16.5. The molecule has 2 aromatic rings. The van der Waals surface area contributed by atoms with Crippen molar-refractivity contribution < 1.29 is 4.74 Å². The van der Waals surface area contributed by atoms with Crippen molar-refractivity contribution in [3.05, 3.63) is 20.8 Å². The van der Waals surface area contributed by atoms with Gasteiger partial charge in [-0.3, -0.25) is 13.9 Å². The first kappa shape index (κ1) is 17.5. The molecule has 0 spiro atoms. The molecule has 1 aliphatic rings. The van der Waals surface area contributed by atoms with E-state index >= 15 is 0 Å². The van der Waals surface area contributed by atoms with Gasteiger partial charge in [0.25, 0.3) is 5.56 Å². The zero-order valence-electron chi connectivity index (χ0n) is 14.9. The third-order valence-electron chi connectivity index (χ3n) is 4.55. The van der Waals surface area contributed by atoms with Crippen molar-refractivity contribution >= 4 is 11.2 Å². The average molecular weight is 348 g/mol. The van der Waals surface area contributed by atoms with E-state index in [1.165, 1.54) is 7.05 Å². The van der Waals surface area contributed by atoms with Crippen LogP contribution in [0.1, 0.15) is 38.1 Å². The lowest BCUT2D eigenvalue weighted by atomic mass is 10.2. The van der Waals surface area contributed by atoms with Crippen molar-refractivity contribution in [2.24, 2.45) is 7.05 Å². The van der Waals surface area contributed by atoms with Crippen LogP contribution in [-0.4, -0.2) is 56.5 Å². The Hall–Kier alpha value is -2.29. The highest BCUT2D eigenvalue weighted by Gasteiger charge is 2.24. The van der Waals surface area contributed by atoms with Crippen molar-refractivity contribution in [3.8, 4) is 6.01 Å². The molecule has 136 valence electrons. The lowest BCUT2D eigenvalue weighted by molar-refractivity contribution is 0.261. The molecule has 0 N–H and O–H groups in total. The summed E-state index contributed by atoms with van der Waals surface area (Å²) >= 11 is 0. The molecule has 1 fully saturated rings. The Morgan fingerprint density at radius 2 is 1.92 bits per heavy atom. The second-order valence-corrected chi connectivity index (χ2v) is 6.73.